The van der Waals surface area contributed by atoms with Gasteiger partial charge in [-0.1, -0.05) is 29.4 Å². The first-order valence-corrected chi connectivity index (χ1v) is 9.36. The third-order valence-corrected chi connectivity index (χ3v) is 4.89. The van der Waals surface area contributed by atoms with Crippen LogP contribution in [0.5, 0.6) is 5.75 Å². The lowest BCUT2D eigenvalue weighted by atomic mass is 10.2. The molecule has 3 rings (SSSR count). The molecule has 152 valence electrons. The highest BCUT2D eigenvalue weighted by atomic mass is 35.5. The molecule has 0 saturated heterocycles. The average Bonchev–Trinajstić information content (AvgIpc) is 3.16. The smallest absolute Gasteiger partial charge is 0.416 e. The summed E-state index contributed by atoms with van der Waals surface area (Å²) < 4.78 is 45.1. The minimum atomic E-state index is -4.54. The maximum absolute atomic E-state index is 12.8. The molecule has 0 fully saturated rings. The number of nitrogens with zero attached hydrogens (tertiary/aromatic N) is 4. The van der Waals surface area contributed by atoms with E-state index in [0.717, 1.165) is 30.0 Å². The maximum atomic E-state index is 12.8. The number of nitrogens with one attached hydrogen (secondary N) is 1. The molecular formula is C17H13ClF3N5O2S. The summed E-state index contributed by atoms with van der Waals surface area (Å²) in [6, 6.07) is 9.69. The molecule has 0 atom stereocenters. The van der Waals surface area contributed by atoms with E-state index in [0.29, 0.717) is 16.6 Å². The highest BCUT2D eigenvalue weighted by Crippen LogP contribution is 2.34. The Balaban J connectivity index is 1.69. The summed E-state index contributed by atoms with van der Waals surface area (Å²) in [5.41, 5.74) is -0.413. The van der Waals surface area contributed by atoms with Crippen LogP contribution in [0.3, 0.4) is 0 Å². The third kappa shape index (κ3) is 5.18. The Morgan fingerprint density at radius 1 is 1.28 bits per heavy atom. The van der Waals surface area contributed by atoms with Crippen LogP contribution in [-0.4, -0.2) is 39.0 Å². The van der Waals surface area contributed by atoms with Gasteiger partial charge in [-0.25, -0.2) is 0 Å². The van der Waals surface area contributed by atoms with Gasteiger partial charge in [0, 0.05) is 6.07 Å². The molecule has 0 aliphatic heterocycles. The first-order chi connectivity index (χ1) is 13.8. The van der Waals surface area contributed by atoms with Gasteiger partial charge in [-0.2, -0.15) is 17.9 Å². The summed E-state index contributed by atoms with van der Waals surface area (Å²) in [5, 5.41) is 14.0. The fourth-order valence-corrected chi connectivity index (χ4v) is 3.14. The highest BCUT2D eigenvalue weighted by Gasteiger charge is 2.31. The highest BCUT2D eigenvalue weighted by molar-refractivity contribution is 7.99. The maximum Gasteiger partial charge on any atom is 0.416 e. The molecule has 3 aromatic rings. The van der Waals surface area contributed by atoms with E-state index in [2.05, 4.69) is 20.8 Å². The molecule has 0 aliphatic rings. The molecule has 1 amide bonds. The number of aromatic nitrogens is 4. The summed E-state index contributed by atoms with van der Waals surface area (Å²) in [7, 11) is 1.53. The number of halogens is 4. The first-order valence-electron chi connectivity index (χ1n) is 8.00. The van der Waals surface area contributed by atoms with E-state index in [1.54, 1.807) is 24.3 Å². The SMILES string of the molecule is COc1cccc(-n2nnnc2SCC(=O)Nc2cc(C(F)(F)F)ccc2Cl)c1. The molecule has 0 unspecified atom stereocenters. The number of carbonyl (C=O) groups excluding carboxylic acids is 1. The Morgan fingerprint density at radius 3 is 2.79 bits per heavy atom. The quantitative estimate of drug-likeness (QED) is 0.578. The van der Waals surface area contributed by atoms with E-state index < -0.39 is 17.6 Å². The van der Waals surface area contributed by atoms with Crippen LogP contribution in [0.25, 0.3) is 5.69 Å². The van der Waals surface area contributed by atoms with Gasteiger partial charge < -0.3 is 10.1 Å². The number of anilines is 1. The van der Waals surface area contributed by atoms with Gasteiger partial charge in [0.1, 0.15) is 5.75 Å². The Labute approximate surface area is 172 Å². The summed E-state index contributed by atoms with van der Waals surface area (Å²) in [5.74, 6) is -0.0982. The van der Waals surface area contributed by atoms with E-state index >= 15 is 0 Å². The van der Waals surface area contributed by atoms with Crippen molar-refractivity contribution in [3.8, 4) is 11.4 Å². The van der Waals surface area contributed by atoms with Crippen molar-refractivity contribution in [3.05, 3.63) is 53.1 Å². The lowest BCUT2D eigenvalue weighted by Crippen LogP contribution is -2.16. The molecule has 0 bridgehead atoms. The van der Waals surface area contributed by atoms with Crippen molar-refractivity contribution in [2.75, 3.05) is 18.2 Å². The van der Waals surface area contributed by atoms with Crippen LogP contribution < -0.4 is 10.1 Å². The number of ether oxygens (including phenoxy) is 1. The van der Waals surface area contributed by atoms with Crippen molar-refractivity contribution >= 4 is 35.0 Å². The van der Waals surface area contributed by atoms with Crippen molar-refractivity contribution < 1.29 is 22.7 Å². The van der Waals surface area contributed by atoms with E-state index in [4.69, 9.17) is 16.3 Å². The summed E-state index contributed by atoms with van der Waals surface area (Å²) in [6.07, 6.45) is -4.54. The zero-order valence-corrected chi connectivity index (χ0v) is 16.3. The summed E-state index contributed by atoms with van der Waals surface area (Å²) in [4.78, 5) is 12.2. The van der Waals surface area contributed by atoms with Gasteiger partial charge in [-0.05, 0) is 40.8 Å². The molecule has 0 saturated carbocycles. The zero-order chi connectivity index (χ0) is 21.0. The third-order valence-electron chi connectivity index (χ3n) is 3.64. The van der Waals surface area contributed by atoms with E-state index in [-0.39, 0.29) is 16.5 Å². The van der Waals surface area contributed by atoms with Gasteiger partial charge in [0.05, 0.1) is 34.8 Å². The molecule has 7 nitrogen and oxygen atoms in total. The van der Waals surface area contributed by atoms with Crippen LogP contribution in [-0.2, 0) is 11.0 Å². The van der Waals surface area contributed by atoms with Gasteiger partial charge in [0.15, 0.2) is 0 Å². The van der Waals surface area contributed by atoms with Crippen LogP contribution in [0.1, 0.15) is 5.56 Å². The van der Waals surface area contributed by atoms with Gasteiger partial charge in [-0.3, -0.25) is 4.79 Å². The van der Waals surface area contributed by atoms with Gasteiger partial charge in [0.2, 0.25) is 11.1 Å². The lowest BCUT2D eigenvalue weighted by molar-refractivity contribution is -0.137. The Bertz CT molecular complexity index is 1030. The minimum Gasteiger partial charge on any atom is -0.497 e. The number of benzene rings is 2. The Kier molecular flexibility index (Phi) is 6.28. The van der Waals surface area contributed by atoms with Crippen molar-refractivity contribution in [2.24, 2.45) is 0 Å². The number of hydrogen-bond acceptors (Lipinski definition) is 6. The largest absolute Gasteiger partial charge is 0.497 e. The number of rotatable bonds is 6. The monoisotopic (exact) mass is 443 g/mol. The molecule has 29 heavy (non-hydrogen) atoms. The van der Waals surface area contributed by atoms with Crippen molar-refractivity contribution in [1.82, 2.24) is 20.2 Å². The number of amides is 1. The Morgan fingerprint density at radius 2 is 2.07 bits per heavy atom. The van der Waals surface area contributed by atoms with Gasteiger partial charge >= 0.3 is 6.18 Å². The number of carbonyl (C=O) groups is 1. The van der Waals surface area contributed by atoms with E-state index in [1.165, 1.54) is 11.8 Å². The molecule has 1 N–H and O–H groups in total. The summed E-state index contributed by atoms with van der Waals surface area (Å²) >= 11 is 6.90. The normalized spacial score (nSPS) is 11.3. The zero-order valence-electron chi connectivity index (χ0n) is 14.8. The molecule has 0 aliphatic carbocycles. The van der Waals surface area contributed by atoms with Crippen LogP contribution in [0, 0.1) is 0 Å². The second-order valence-corrected chi connectivity index (χ2v) is 6.95. The number of hydrogen-bond donors (Lipinski definition) is 1. The standard InChI is InChI=1S/C17H13ClF3N5O2S/c1-28-12-4-2-3-11(8-12)26-16(23-24-25-26)29-9-15(27)22-14-7-10(17(19,20)21)5-6-13(14)18/h2-8H,9H2,1H3,(H,22,27). The lowest BCUT2D eigenvalue weighted by Gasteiger charge is -2.11. The topological polar surface area (TPSA) is 81.9 Å². The molecular weight excluding hydrogens is 431 g/mol. The fourth-order valence-electron chi connectivity index (χ4n) is 2.29. The number of alkyl halides is 3. The molecule has 2 aromatic carbocycles. The fraction of sp³-hybridized carbons (Fsp3) is 0.176. The molecule has 12 heteroatoms. The Hall–Kier alpha value is -2.79. The minimum absolute atomic E-state index is 0.00226. The van der Waals surface area contributed by atoms with E-state index in [9.17, 15) is 18.0 Å². The van der Waals surface area contributed by atoms with Crippen molar-refractivity contribution in [2.45, 2.75) is 11.3 Å². The molecule has 0 radical (unpaired) electrons. The number of tetrazole rings is 1. The summed E-state index contributed by atoms with van der Waals surface area (Å²) in [6.45, 7) is 0. The average molecular weight is 444 g/mol. The van der Waals surface area contributed by atoms with Crippen molar-refractivity contribution in [3.63, 3.8) is 0 Å². The number of thioether (sulfide) groups is 1. The van der Waals surface area contributed by atoms with Gasteiger partial charge in [0.25, 0.3) is 0 Å². The second-order valence-electron chi connectivity index (χ2n) is 5.60. The first kappa shape index (κ1) is 20.9. The number of methoxy groups -OCH3 is 1. The van der Waals surface area contributed by atoms with Crippen molar-refractivity contribution in [1.29, 1.82) is 0 Å². The molecule has 0 spiro atoms. The van der Waals surface area contributed by atoms with Crippen LogP contribution >= 0.6 is 23.4 Å². The molecule has 1 heterocycles. The predicted molar refractivity (Wildman–Crippen MR) is 102 cm³/mol. The van der Waals surface area contributed by atoms with E-state index in [1.807, 2.05) is 0 Å². The predicted octanol–water partition coefficient (Wildman–Crippen LogP) is 4.07. The van der Waals surface area contributed by atoms with Gasteiger partial charge in [-0.15, -0.1) is 5.10 Å². The van der Waals surface area contributed by atoms with Crippen LogP contribution in [0.2, 0.25) is 5.02 Å². The van der Waals surface area contributed by atoms with Crippen LogP contribution in [0.15, 0.2) is 47.6 Å². The second kappa shape index (κ2) is 8.70. The van der Waals surface area contributed by atoms with Crippen LogP contribution in [0.4, 0.5) is 18.9 Å². The molecule has 1 aromatic heterocycles.